The van der Waals surface area contributed by atoms with Crippen molar-refractivity contribution in [3.8, 4) is 6.07 Å². The van der Waals surface area contributed by atoms with E-state index in [1.807, 2.05) is 18.2 Å². The molecule has 1 fully saturated rings. The van der Waals surface area contributed by atoms with Crippen molar-refractivity contribution < 1.29 is 0 Å². The lowest BCUT2D eigenvalue weighted by Crippen LogP contribution is -1.93. The molecule has 0 saturated carbocycles. The highest BCUT2D eigenvalue weighted by Gasteiger charge is 2.27. The van der Waals surface area contributed by atoms with Gasteiger partial charge >= 0.3 is 0 Å². The van der Waals surface area contributed by atoms with Crippen molar-refractivity contribution in [3.63, 3.8) is 0 Å². The van der Waals surface area contributed by atoms with Crippen LogP contribution in [0.3, 0.4) is 0 Å². The Balaban J connectivity index is 1.90. The second-order valence-corrected chi connectivity index (χ2v) is 8.13. The first-order valence-electron chi connectivity index (χ1n) is 6.06. The summed E-state index contributed by atoms with van der Waals surface area (Å²) in [6.07, 6.45) is 5.10. The highest BCUT2D eigenvalue weighted by molar-refractivity contribution is 9.10. The zero-order valence-corrected chi connectivity index (χ0v) is 14.6. The van der Waals surface area contributed by atoms with E-state index in [4.69, 9.17) is 11.6 Å². The Morgan fingerprint density at radius 2 is 2.38 bits per heavy atom. The Morgan fingerprint density at radius 3 is 3.05 bits per heavy atom. The van der Waals surface area contributed by atoms with Gasteiger partial charge in [-0.05, 0) is 17.7 Å². The molecule has 3 rings (SSSR count). The van der Waals surface area contributed by atoms with E-state index in [2.05, 4.69) is 27.0 Å². The molecule has 0 radical (unpaired) electrons. The summed E-state index contributed by atoms with van der Waals surface area (Å²) in [5.74, 6) is 0.904. The maximum atomic E-state index is 9.39. The Labute approximate surface area is 144 Å². The lowest BCUT2D eigenvalue weighted by atomic mass is 10.2. The lowest BCUT2D eigenvalue weighted by Gasteiger charge is -2.10. The van der Waals surface area contributed by atoms with Gasteiger partial charge in [0.1, 0.15) is 11.8 Å². The number of hydrogen-bond donors (Lipinski definition) is 0. The summed E-state index contributed by atoms with van der Waals surface area (Å²) in [6, 6.07) is 8.20. The summed E-state index contributed by atoms with van der Waals surface area (Å²) in [4.78, 5) is 4.00. The van der Waals surface area contributed by atoms with E-state index in [-0.39, 0.29) is 5.25 Å². The molecule has 0 N–H and O–H groups in total. The fraction of sp³-hybridized carbons (Fsp3) is 0.143. The normalized spacial score (nSPS) is 20.3. The van der Waals surface area contributed by atoms with Gasteiger partial charge in [0.2, 0.25) is 0 Å². The van der Waals surface area contributed by atoms with E-state index in [1.165, 1.54) is 0 Å². The van der Waals surface area contributed by atoms with Gasteiger partial charge in [-0.25, -0.2) is 4.98 Å². The first-order valence-corrected chi connectivity index (χ1v) is 9.10. The first-order chi connectivity index (χ1) is 10.2. The first kappa shape index (κ1) is 15.0. The van der Waals surface area contributed by atoms with Crippen molar-refractivity contribution >= 4 is 56.8 Å². The molecule has 1 aliphatic rings. The highest BCUT2D eigenvalue weighted by Crippen LogP contribution is 2.53. The van der Waals surface area contributed by atoms with Gasteiger partial charge in [0.25, 0.3) is 0 Å². The molecule has 0 bridgehead atoms. The number of aromatic nitrogens is 2. The average Bonchev–Trinajstić information content (AvgIpc) is 3.12. The van der Waals surface area contributed by atoms with E-state index in [9.17, 15) is 5.26 Å². The second-order valence-electron chi connectivity index (χ2n) is 4.30. The minimum Gasteiger partial charge on any atom is -0.296 e. The molecule has 7 heteroatoms. The molecule has 3 nitrogen and oxygen atoms in total. The zero-order chi connectivity index (χ0) is 14.8. The molecule has 1 aromatic carbocycles. The molecule has 2 heterocycles. The SMILES string of the molecule is N#C/C(=C1/SC[C@@H](c2ccc(Br)cc2Cl)S1)n1ccnc1. The molecule has 2 aromatic rings. The van der Waals surface area contributed by atoms with Gasteiger partial charge < -0.3 is 0 Å². The quantitative estimate of drug-likeness (QED) is 0.654. The zero-order valence-electron chi connectivity index (χ0n) is 10.7. The topological polar surface area (TPSA) is 41.6 Å². The Morgan fingerprint density at radius 1 is 1.52 bits per heavy atom. The van der Waals surface area contributed by atoms with Crippen LogP contribution in [-0.4, -0.2) is 15.3 Å². The van der Waals surface area contributed by atoms with Gasteiger partial charge in [-0.3, -0.25) is 4.57 Å². The van der Waals surface area contributed by atoms with Crippen molar-refractivity contribution in [1.82, 2.24) is 9.55 Å². The molecular weight excluding hydrogens is 390 g/mol. The van der Waals surface area contributed by atoms with Crippen molar-refractivity contribution in [2.24, 2.45) is 0 Å². The molecule has 0 unspecified atom stereocenters. The third-order valence-electron chi connectivity index (χ3n) is 2.99. The number of allylic oxidation sites excluding steroid dienone is 1. The summed E-state index contributed by atoms with van der Waals surface area (Å²) >= 11 is 13.1. The van der Waals surface area contributed by atoms with Crippen LogP contribution in [0.1, 0.15) is 10.8 Å². The number of thioether (sulfide) groups is 2. The van der Waals surface area contributed by atoms with Gasteiger partial charge in [-0.2, -0.15) is 5.26 Å². The van der Waals surface area contributed by atoms with E-state index < -0.39 is 0 Å². The van der Waals surface area contributed by atoms with Crippen LogP contribution in [0.2, 0.25) is 5.02 Å². The standard InChI is InChI=1S/C14H9BrClN3S2/c15-9-1-2-10(11(16)5-9)13-7-20-14(21-13)12(6-17)19-4-3-18-8-19/h1-5,8,13H,7H2/b14-12+/t13-/m0/s1. The largest absolute Gasteiger partial charge is 0.296 e. The Bertz CT molecular complexity index is 737. The van der Waals surface area contributed by atoms with Crippen LogP contribution in [0.25, 0.3) is 5.70 Å². The van der Waals surface area contributed by atoms with Gasteiger partial charge in [0.15, 0.2) is 0 Å². The smallest absolute Gasteiger partial charge is 0.145 e. The monoisotopic (exact) mass is 397 g/mol. The molecule has 1 saturated heterocycles. The van der Waals surface area contributed by atoms with Crippen molar-refractivity contribution in [3.05, 3.63) is 56.2 Å². The molecule has 21 heavy (non-hydrogen) atoms. The molecule has 1 atom stereocenters. The maximum Gasteiger partial charge on any atom is 0.145 e. The third-order valence-corrected chi connectivity index (χ3v) is 6.73. The molecule has 0 aliphatic carbocycles. The minimum atomic E-state index is 0.262. The lowest BCUT2D eigenvalue weighted by molar-refractivity contribution is 1.10. The number of benzene rings is 1. The van der Waals surface area contributed by atoms with E-state index >= 15 is 0 Å². The fourth-order valence-corrected chi connectivity index (χ4v) is 5.78. The third kappa shape index (κ3) is 3.16. The van der Waals surface area contributed by atoms with Crippen molar-refractivity contribution in [1.29, 1.82) is 5.26 Å². The summed E-state index contributed by atoms with van der Waals surface area (Å²) in [7, 11) is 0. The number of nitrogens with zero attached hydrogens (tertiary/aromatic N) is 3. The summed E-state index contributed by atoms with van der Waals surface area (Å²) in [5, 5.41) is 10.4. The fourth-order valence-electron chi connectivity index (χ4n) is 1.99. The minimum absolute atomic E-state index is 0.262. The number of halogens is 2. The van der Waals surface area contributed by atoms with Crippen LogP contribution in [0.5, 0.6) is 0 Å². The van der Waals surface area contributed by atoms with Crippen LogP contribution < -0.4 is 0 Å². The van der Waals surface area contributed by atoms with Crippen molar-refractivity contribution in [2.75, 3.05) is 5.75 Å². The number of imidazole rings is 1. The van der Waals surface area contributed by atoms with Gasteiger partial charge in [0.05, 0.1) is 10.6 Å². The molecule has 0 amide bonds. The number of rotatable bonds is 2. The van der Waals surface area contributed by atoms with Crippen LogP contribution in [0, 0.1) is 11.3 Å². The van der Waals surface area contributed by atoms with Crippen molar-refractivity contribution in [2.45, 2.75) is 5.25 Å². The van der Waals surface area contributed by atoms with E-state index in [0.717, 1.165) is 25.0 Å². The number of nitriles is 1. The Kier molecular flexibility index (Phi) is 4.65. The predicted octanol–water partition coefficient (Wildman–Crippen LogP) is 5.17. The predicted molar refractivity (Wildman–Crippen MR) is 93.0 cm³/mol. The van der Waals surface area contributed by atoms with E-state index in [1.54, 1.807) is 46.8 Å². The van der Waals surface area contributed by atoms with Gasteiger partial charge in [0, 0.05) is 32.9 Å². The van der Waals surface area contributed by atoms with Crippen LogP contribution in [0.15, 0.2) is 45.6 Å². The van der Waals surface area contributed by atoms with Crippen LogP contribution >= 0.6 is 51.1 Å². The summed E-state index contributed by atoms with van der Waals surface area (Å²) < 4.78 is 3.74. The molecule has 0 spiro atoms. The van der Waals surface area contributed by atoms with E-state index in [0.29, 0.717) is 5.70 Å². The highest BCUT2D eigenvalue weighted by atomic mass is 79.9. The van der Waals surface area contributed by atoms with Crippen LogP contribution in [0.4, 0.5) is 0 Å². The van der Waals surface area contributed by atoms with Crippen LogP contribution in [-0.2, 0) is 0 Å². The summed E-state index contributed by atoms with van der Waals surface area (Å²) in [5.41, 5.74) is 1.73. The summed E-state index contributed by atoms with van der Waals surface area (Å²) in [6.45, 7) is 0. The molecule has 1 aromatic heterocycles. The van der Waals surface area contributed by atoms with Gasteiger partial charge in [-0.15, -0.1) is 23.5 Å². The average molecular weight is 399 g/mol. The maximum absolute atomic E-state index is 9.39. The van der Waals surface area contributed by atoms with Gasteiger partial charge in [-0.1, -0.05) is 33.6 Å². The number of hydrogen-bond acceptors (Lipinski definition) is 4. The Hall–Kier alpha value is -0.870. The molecule has 1 aliphatic heterocycles. The molecule has 106 valence electrons. The second kappa shape index (κ2) is 6.49. The molecular formula is C14H9BrClN3S2.